The first-order valence-electron chi connectivity index (χ1n) is 6.32. The lowest BCUT2D eigenvalue weighted by atomic mass is 10.1. The molecule has 7 nitrogen and oxygen atoms in total. The summed E-state index contributed by atoms with van der Waals surface area (Å²) in [6.45, 7) is 3.50. The maximum absolute atomic E-state index is 11.1. The lowest BCUT2D eigenvalue weighted by Crippen LogP contribution is -2.23. The minimum atomic E-state index is -0.437. The monoisotopic (exact) mass is 283 g/mol. The molecule has 1 atom stereocenters. The zero-order chi connectivity index (χ0) is 15.1. The number of hydrogen-bond acceptors (Lipinski definition) is 6. The van der Waals surface area contributed by atoms with E-state index in [4.69, 9.17) is 9.47 Å². The van der Waals surface area contributed by atoms with Crippen LogP contribution in [0.15, 0.2) is 12.1 Å². The van der Waals surface area contributed by atoms with Gasteiger partial charge in [-0.2, -0.15) is 0 Å². The second kappa shape index (κ2) is 7.54. The molecule has 0 aromatic heterocycles. The largest absolute Gasteiger partial charge is 0.493 e. The van der Waals surface area contributed by atoms with Crippen LogP contribution in [-0.2, 0) is 0 Å². The van der Waals surface area contributed by atoms with Crippen LogP contribution in [0.3, 0.4) is 0 Å². The highest BCUT2D eigenvalue weighted by Crippen LogP contribution is 2.37. The molecular weight excluding hydrogens is 262 g/mol. The van der Waals surface area contributed by atoms with Crippen molar-refractivity contribution in [1.29, 1.82) is 0 Å². The van der Waals surface area contributed by atoms with E-state index in [9.17, 15) is 10.1 Å². The Morgan fingerprint density at radius 3 is 2.35 bits per heavy atom. The van der Waals surface area contributed by atoms with E-state index in [1.54, 1.807) is 6.07 Å². The van der Waals surface area contributed by atoms with Gasteiger partial charge in [0.25, 0.3) is 5.69 Å². The van der Waals surface area contributed by atoms with Gasteiger partial charge in [0, 0.05) is 12.6 Å². The molecular formula is C13H21N3O4. The molecule has 0 radical (unpaired) electrons. The van der Waals surface area contributed by atoms with E-state index in [1.807, 2.05) is 7.05 Å². The molecule has 0 fully saturated rings. The molecule has 0 saturated carbocycles. The molecule has 2 N–H and O–H groups in total. The van der Waals surface area contributed by atoms with Crippen LogP contribution in [0, 0.1) is 16.0 Å². The highest BCUT2D eigenvalue weighted by molar-refractivity contribution is 5.68. The van der Waals surface area contributed by atoms with Gasteiger partial charge in [-0.3, -0.25) is 10.1 Å². The van der Waals surface area contributed by atoms with Gasteiger partial charge >= 0.3 is 0 Å². The number of methoxy groups -OCH3 is 2. The molecule has 20 heavy (non-hydrogen) atoms. The van der Waals surface area contributed by atoms with Crippen molar-refractivity contribution in [1.82, 2.24) is 5.32 Å². The smallest absolute Gasteiger partial charge is 0.296 e. The normalized spacial score (nSPS) is 11.8. The molecule has 1 aromatic carbocycles. The number of nitro benzene ring substituents is 1. The quantitative estimate of drug-likeness (QED) is 0.559. The summed E-state index contributed by atoms with van der Waals surface area (Å²) in [7, 11) is 4.82. The van der Waals surface area contributed by atoms with Crippen molar-refractivity contribution in [2.75, 3.05) is 39.7 Å². The number of ether oxygens (including phenoxy) is 2. The maximum atomic E-state index is 11.1. The summed E-state index contributed by atoms with van der Waals surface area (Å²) >= 11 is 0. The molecule has 0 bridgehead atoms. The molecule has 0 aliphatic carbocycles. The Morgan fingerprint density at radius 1 is 1.25 bits per heavy atom. The van der Waals surface area contributed by atoms with Gasteiger partial charge in [-0.15, -0.1) is 0 Å². The van der Waals surface area contributed by atoms with E-state index in [0.717, 1.165) is 6.54 Å². The van der Waals surface area contributed by atoms with E-state index in [0.29, 0.717) is 29.6 Å². The minimum absolute atomic E-state index is 0.0284. The molecule has 0 aliphatic rings. The van der Waals surface area contributed by atoms with Crippen LogP contribution < -0.4 is 20.1 Å². The minimum Gasteiger partial charge on any atom is -0.493 e. The summed E-state index contributed by atoms with van der Waals surface area (Å²) in [5, 5.41) is 17.3. The van der Waals surface area contributed by atoms with Gasteiger partial charge in [0.15, 0.2) is 11.5 Å². The van der Waals surface area contributed by atoms with Crippen molar-refractivity contribution in [2.24, 2.45) is 5.92 Å². The fourth-order valence-corrected chi connectivity index (χ4v) is 1.87. The average Bonchev–Trinajstić information content (AvgIpc) is 2.44. The van der Waals surface area contributed by atoms with Crippen molar-refractivity contribution in [3.63, 3.8) is 0 Å². The third kappa shape index (κ3) is 3.99. The van der Waals surface area contributed by atoms with Gasteiger partial charge in [0.05, 0.1) is 25.2 Å². The molecule has 0 amide bonds. The number of rotatable bonds is 8. The first-order chi connectivity index (χ1) is 9.53. The van der Waals surface area contributed by atoms with Crippen LogP contribution in [0.2, 0.25) is 0 Å². The number of anilines is 1. The second-order valence-electron chi connectivity index (χ2n) is 4.53. The van der Waals surface area contributed by atoms with Crippen LogP contribution in [0.5, 0.6) is 11.5 Å². The van der Waals surface area contributed by atoms with Gasteiger partial charge in [-0.05, 0) is 19.5 Å². The molecule has 0 spiro atoms. The van der Waals surface area contributed by atoms with Crippen LogP contribution in [-0.4, -0.2) is 39.3 Å². The second-order valence-corrected chi connectivity index (χ2v) is 4.53. The summed E-state index contributed by atoms with van der Waals surface area (Å²) in [5.74, 6) is 1.14. The number of benzene rings is 1. The fourth-order valence-electron chi connectivity index (χ4n) is 1.87. The molecule has 0 aliphatic heterocycles. The fraction of sp³-hybridized carbons (Fsp3) is 0.538. The summed E-state index contributed by atoms with van der Waals surface area (Å²) < 4.78 is 10.2. The Hall–Kier alpha value is -2.02. The molecule has 0 heterocycles. The molecule has 1 rings (SSSR count). The Labute approximate surface area is 118 Å². The zero-order valence-electron chi connectivity index (χ0n) is 12.2. The average molecular weight is 283 g/mol. The molecule has 0 saturated heterocycles. The lowest BCUT2D eigenvalue weighted by molar-refractivity contribution is -0.384. The van der Waals surface area contributed by atoms with Gasteiger partial charge in [-0.25, -0.2) is 0 Å². The standard InChI is InChI=1S/C13H21N3O4/c1-9(7-14-2)8-15-10-5-12(19-3)13(20-4)6-11(10)16(17)18/h5-6,9,14-15H,7-8H2,1-4H3. The number of nitro groups is 1. The molecule has 7 heteroatoms. The topological polar surface area (TPSA) is 85.7 Å². The summed E-state index contributed by atoms with van der Waals surface area (Å²) in [5.41, 5.74) is 0.398. The van der Waals surface area contributed by atoms with Crippen molar-refractivity contribution in [3.05, 3.63) is 22.2 Å². The SMILES string of the molecule is CNCC(C)CNc1cc(OC)c(OC)cc1[N+](=O)[O-]. The van der Waals surface area contributed by atoms with Crippen molar-refractivity contribution in [2.45, 2.75) is 6.92 Å². The van der Waals surface area contributed by atoms with Crippen molar-refractivity contribution in [3.8, 4) is 11.5 Å². The highest BCUT2D eigenvalue weighted by atomic mass is 16.6. The van der Waals surface area contributed by atoms with Crippen molar-refractivity contribution < 1.29 is 14.4 Å². The third-order valence-corrected chi connectivity index (χ3v) is 2.89. The summed E-state index contributed by atoms with van der Waals surface area (Å²) in [6, 6.07) is 2.95. The van der Waals surface area contributed by atoms with Crippen LogP contribution in [0.1, 0.15) is 6.92 Å². The Balaban J connectivity index is 3.00. The molecule has 1 aromatic rings. The summed E-state index contributed by atoms with van der Waals surface area (Å²) in [4.78, 5) is 10.7. The van der Waals surface area contributed by atoms with Crippen LogP contribution in [0.25, 0.3) is 0 Å². The van der Waals surface area contributed by atoms with Gasteiger partial charge in [0.1, 0.15) is 5.69 Å². The Bertz CT molecular complexity index is 465. The van der Waals surface area contributed by atoms with Gasteiger partial charge < -0.3 is 20.1 Å². The highest BCUT2D eigenvalue weighted by Gasteiger charge is 2.19. The van der Waals surface area contributed by atoms with E-state index in [2.05, 4.69) is 17.6 Å². The number of hydrogen-bond donors (Lipinski definition) is 2. The Kier molecular flexibility index (Phi) is 6.05. The molecule has 1 unspecified atom stereocenters. The summed E-state index contributed by atoms with van der Waals surface area (Å²) in [6.07, 6.45) is 0. The predicted octanol–water partition coefficient (Wildman–Crippen LogP) is 1.88. The van der Waals surface area contributed by atoms with E-state index in [1.165, 1.54) is 20.3 Å². The predicted molar refractivity (Wildman–Crippen MR) is 77.8 cm³/mol. The maximum Gasteiger partial charge on any atom is 0.296 e. The van der Waals surface area contributed by atoms with E-state index in [-0.39, 0.29) is 5.69 Å². The first-order valence-corrected chi connectivity index (χ1v) is 6.32. The molecule has 112 valence electrons. The Morgan fingerprint density at radius 2 is 1.85 bits per heavy atom. The third-order valence-electron chi connectivity index (χ3n) is 2.89. The van der Waals surface area contributed by atoms with Gasteiger partial charge in [0.2, 0.25) is 0 Å². The van der Waals surface area contributed by atoms with Crippen LogP contribution >= 0.6 is 0 Å². The zero-order valence-corrected chi connectivity index (χ0v) is 12.2. The van der Waals surface area contributed by atoms with Crippen LogP contribution in [0.4, 0.5) is 11.4 Å². The van der Waals surface area contributed by atoms with Gasteiger partial charge in [-0.1, -0.05) is 6.92 Å². The lowest BCUT2D eigenvalue weighted by Gasteiger charge is -2.15. The van der Waals surface area contributed by atoms with E-state index >= 15 is 0 Å². The van der Waals surface area contributed by atoms with Crippen molar-refractivity contribution >= 4 is 11.4 Å². The first kappa shape index (κ1) is 16.0. The number of nitrogens with zero attached hydrogens (tertiary/aromatic N) is 1. The number of nitrogens with one attached hydrogen (secondary N) is 2. The van der Waals surface area contributed by atoms with E-state index < -0.39 is 4.92 Å².